The predicted octanol–water partition coefficient (Wildman–Crippen LogP) is 0.650. The van der Waals surface area contributed by atoms with Crippen LogP contribution in [-0.2, 0) is 0 Å². The third-order valence-electron chi connectivity index (χ3n) is 1.82. The van der Waals surface area contributed by atoms with Gasteiger partial charge in [-0.15, -0.1) is 0 Å². The monoisotopic (exact) mass is 249 g/mol. The number of aldehydes is 1. The van der Waals surface area contributed by atoms with Gasteiger partial charge in [0.2, 0.25) is 5.95 Å². The fourth-order valence-electron chi connectivity index (χ4n) is 1.14. The van der Waals surface area contributed by atoms with Crippen molar-refractivity contribution in [1.29, 1.82) is 0 Å². The average molecular weight is 249 g/mol. The van der Waals surface area contributed by atoms with Crippen LogP contribution in [0.15, 0.2) is 12.4 Å². The van der Waals surface area contributed by atoms with Crippen molar-refractivity contribution in [1.82, 2.24) is 9.97 Å². The molecular formula is C9H10F3N3O2. The van der Waals surface area contributed by atoms with Gasteiger partial charge in [0, 0.05) is 18.9 Å². The standard InChI is InChI=1S/C9H10F3N3O2/c10-9(11,12)6-15(1-2-16)8-13-3-7(5-17)4-14-8/h3-5,16H,1-2,6H2. The van der Waals surface area contributed by atoms with Crippen molar-refractivity contribution >= 4 is 12.2 Å². The molecule has 0 aliphatic heterocycles. The quantitative estimate of drug-likeness (QED) is 0.776. The van der Waals surface area contributed by atoms with Gasteiger partial charge in [-0.2, -0.15) is 13.2 Å². The number of anilines is 1. The maximum absolute atomic E-state index is 12.2. The highest BCUT2D eigenvalue weighted by molar-refractivity contribution is 5.73. The Morgan fingerprint density at radius 1 is 1.35 bits per heavy atom. The molecule has 0 radical (unpaired) electrons. The summed E-state index contributed by atoms with van der Waals surface area (Å²) in [7, 11) is 0. The second kappa shape index (κ2) is 5.58. The summed E-state index contributed by atoms with van der Waals surface area (Å²) in [6.45, 7) is -1.94. The molecule has 94 valence electrons. The second-order valence-corrected chi connectivity index (χ2v) is 3.19. The summed E-state index contributed by atoms with van der Waals surface area (Å²) in [5.74, 6) is -0.179. The zero-order valence-electron chi connectivity index (χ0n) is 8.68. The fourth-order valence-corrected chi connectivity index (χ4v) is 1.14. The Morgan fingerprint density at radius 3 is 2.35 bits per heavy atom. The van der Waals surface area contributed by atoms with Crippen molar-refractivity contribution < 1.29 is 23.1 Å². The molecule has 1 aromatic rings. The molecule has 5 nitrogen and oxygen atoms in total. The Bertz CT molecular complexity index is 367. The van der Waals surface area contributed by atoms with E-state index in [1.54, 1.807) is 0 Å². The van der Waals surface area contributed by atoms with Crippen molar-refractivity contribution in [3.63, 3.8) is 0 Å². The first-order valence-electron chi connectivity index (χ1n) is 4.66. The van der Waals surface area contributed by atoms with Gasteiger partial charge in [0.25, 0.3) is 0 Å². The molecule has 0 amide bonds. The lowest BCUT2D eigenvalue weighted by Gasteiger charge is -2.22. The van der Waals surface area contributed by atoms with Crippen LogP contribution in [0.2, 0.25) is 0 Å². The van der Waals surface area contributed by atoms with Gasteiger partial charge in [-0.05, 0) is 0 Å². The Labute approximate surface area is 94.9 Å². The molecule has 1 rings (SSSR count). The van der Waals surface area contributed by atoms with Crippen molar-refractivity contribution in [2.24, 2.45) is 0 Å². The summed E-state index contributed by atoms with van der Waals surface area (Å²) < 4.78 is 36.7. The van der Waals surface area contributed by atoms with Crippen LogP contribution in [0.1, 0.15) is 10.4 Å². The van der Waals surface area contributed by atoms with Gasteiger partial charge in [-0.25, -0.2) is 9.97 Å². The zero-order chi connectivity index (χ0) is 12.9. The van der Waals surface area contributed by atoms with Crippen LogP contribution in [0, 0.1) is 0 Å². The van der Waals surface area contributed by atoms with E-state index in [2.05, 4.69) is 9.97 Å². The lowest BCUT2D eigenvalue weighted by atomic mass is 10.4. The molecule has 8 heteroatoms. The third-order valence-corrected chi connectivity index (χ3v) is 1.82. The molecule has 0 aromatic carbocycles. The molecule has 0 unspecified atom stereocenters. The van der Waals surface area contributed by atoms with Crippen LogP contribution in [0.5, 0.6) is 0 Å². The average Bonchev–Trinajstić information content (AvgIpc) is 2.27. The lowest BCUT2D eigenvalue weighted by molar-refractivity contribution is -0.120. The molecule has 0 spiro atoms. The van der Waals surface area contributed by atoms with E-state index in [4.69, 9.17) is 5.11 Å². The van der Waals surface area contributed by atoms with Gasteiger partial charge in [-0.3, -0.25) is 4.79 Å². The number of halogens is 3. The van der Waals surface area contributed by atoms with Gasteiger partial charge < -0.3 is 10.0 Å². The largest absolute Gasteiger partial charge is 0.406 e. The molecule has 0 saturated carbocycles. The first-order valence-corrected chi connectivity index (χ1v) is 4.66. The minimum absolute atomic E-state index is 0.171. The van der Waals surface area contributed by atoms with E-state index >= 15 is 0 Å². The number of hydrogen-bond donors (Lipinski definition) is 1. The first kappa shape index (κ1) is 13.4. The number of aromatic nitrogens is 2. The summed E-state index contributed by atoms with van der Waals surface area (Å²) in [6.07, 6.45) is -1.68. The van der Waals surface area contributed by atoms with E-state index in [1.165, 1.54) is 0 Å². The van der Waals surface area contributed by atoms with Gasteiger partial charge in [-0.1, -0.05) is 0 Å². The van der Waals surface area contributed by atoms with Gasteiger partial charge >= 0.3 is 6.18 Å². The van der Waals surface area contributed by atoms with E-state index in [1.807, 2.05) is 0 Å². The maximum atomic E-state index is 12.2. The summed E-state index contributed by atoms with van der Waals surface area (Å²) in [4.78, 5) is 18.4. The number of rotatable bonds is 5. The van der Waals surface area contributed by atoms with Gasteiger partial charge in [0.15, 0.2) is 6.29 Å². The second-order valence-electron chi connectivity index (χ2n) is 3.19. The molecule has 0 bridgehead atoms. The number of carbonyl (C=O) groups is 1. The van der Waals surface area contributed by atoms with Crippen LogP contribution in [0.4, 0.5) is 19.1 Å². The Kier molecular flexibility index (Phi) is 4.38. The van der Waals surface area contributed by atoms with Crippen molar-refractivity contribution in [3.05, 3.63) is 18.0 Å². The molecular weight excluding hydrogens is 239 g/mol. The predicted molar refractivity (Wildman–Crippen MR) is 52.8 cm³/mol. The summed E-state index contributed by atoms with van der Waals surface area (Å²) in [6, 6.07) is 0. The summed E-state index contributed by atoms with van der Waals surface area (Å²) in [5, 5.41) is 8.67. The molecule has 1 heterocycles. The van der Waals surface area contributed by atoms with E-state index in [0.717, 1.165) is 17.3 Å². The van der Waals surface area contributed by atoms with Crippen LogP contribution < -0.4 is 4.90 Å². The highest BCUT2D eigenvalue weighted by Gasteiger charge is 2.31. The highest BCUT2D eigenvalue weighted by atomic mass is 19.4. The normalized spacial score (nSPS) is 11.3. The highest BCUT2D eigenvalue weighted by Crippen LogP contribution is 2.19. The minimum atomic E-state index is -4.41. The number of nitrogens with zero attached hydrogens (tertiary/aromatic N) is 3. The minimum Gasteiger partial charge on any atom is -0.395 e. The Balaban J connectivity index is 2.85. The first-order chi connectivity index (χ1) is 7.96. The fraction of sp³-hybridized carbons (Fsp3) is 0.444. The number of alkyl halides is 3. The number of aliphatic hydroxyl groups is 1. The maximum Gasteiger partial charge on any atom is 0.406 e. The lowest BCUT2D eigenvalue weighted by Crippen LogP contribution is -2.37. The number of hydrogen-bond acceptors (Lipinski definition) is 5. The number of aliphatic hydroxyl groups excluding tert-OH is 1. The molecule has 0 saturated heterocycles. The Morgan fingerprint density at radius 2 is 1.94 bits per heavy atom. The van der Waals surface area contributed by atoms with Crippen LogP contribution in [0.3, 0.4) is 0 Å². The molecule has 0 fully saturated rings. The van der Waals surface area contributed by atoms with Crippen LogP contribution in [-0.4, -0.2) is 47.2 Å². The smallest absolute Gasteiger partial charge is 0.395 e. The van der Waals surface area contributed by atoms with Crippen LogP contribution in [0.25, 0.3) is 0 Å². The molecule has 0 atom stereocenters. The van der Waals surface area contributed by atoms with Crippen molar-refractivity contribution in [2.45, 2.75) is 6.18 Å². The van der Waals surface area contributed by atoms with Gasteiger partial charge in [0.1, 0.15) is 6.54 Å². The van der Waals surface area contributed by atoms with E-state index in [0.29, 0.717) is 6.29 Å². The molecule has 17 heavy (non-hydrogen) atoms. The van der Waals surface area contributed by atoms with Crippen molar-refractivity contribution in [2.75, 3.05) is 24.6 Å². The summed E-state index contributed by atoms with van der Waals surface area (Å²) >= 11 is 0. The summed E-state index contributed by atoms with van der Waals surface area (Å²) in [5.41, 5.74) is 0.171. The third kappa shape index (κ3) is 4.35. The van der Waals surface area contributed by atoms with Crippen molar-refractivity contribution in [3.8, 4) is 0 Å². The SMILES string of the molecule is O=Cc1cnc(N(CCO)CC(F)(F)F)nc1. The van der Waals surface area contributed by atoms with E-state index < -0.39 is 19.3 Å². The molecule has 0 aliphatic carbocycles. The zero-order valence-corrected chi connectivity index (χ0v) is 8.68. The number of carbonyl (C=O) groups excluding carboxylic acids is 1. The van der Waals surface area contributed by atoms with Gasteiger partial charge in [0.05, 0.1) is 12.2 Å². The molecule has 1 N–H and O–H groups in total. The topological polar surface area (TPSA) is 66.3 Å². The molecule has 0 aliphatic rings. The van der Waals surface area contributed by atoms with Crippen LogP contribution >= 0.6 is 0 Å². The van der Waals surface area contributed by atoms with E-state index in [-0.39, 0.29) is 18.1 Å². The van der Waals surface area contributed by atoms with E-state index in [9.17, 15) is 18.0 Å². The Hall–Kier alpha value is -1.70. The molecule has 1 aromatic heterocycles.